The molecule has 0 unspecified atom stereocenters. The largest absolute Gasteiger partial charge is 0.506 e. The number of carbonyl (C=O) groups is 1. The van der Waals surface area contributed by atoms with Crippen LogP contribution in [0, 0.1) is 0 Å². The number of hydrogen-bond acceptors (Lipinski definition) is 6. The molecule has 0 aromatic carbocycles. The number of aromatic nitrogens is 4. The summed E-state index contributed by atoms with van der Waals surface area (Å²) in [7, 11) is 0. The maximum Gasteiger partial charge on any atom is 0.201 e. The van der Waals surface area contributed by atoms with Crippen LogP contribution in [0.3, 0.4) is 0 Å². The number of imidazole rings is 1. The third kappa shape index (κ3) is 3.67. The van der Waals surface area contributed by atoms with Gasteiger partial charge in [0.1, 0.15) is 17.2 Å². The number of aryl methyl sites for hydroxylation is 1. The molecular formula is C19H17ClN6O2. The zero-order chi connectivity index (χ0) is 19.5. The van der Waals surface area contributed by atoms with Crippen LogP contribution in [-0.4, -0.2) is 42.3 Å². The van der Waals surface area contributed by atoms with Gasteiger partial charge in [0.2, 0.25) is 5.78 Å². The molecule has 0 atom stereocenters. The monoisotopic (exact) mass is 396 g/mol. The van der Waals surface area contributed by atoms with E-state index >= 15 is 0 Å². The number of nitrogens with one attached hydrogen (secondary N) is 1. The third-order valence-electron chi connectivity index (χ3n) is 4.22. The second kappa shape index (κ2) is 7.69. The van der Waals surface area contributed by atoms with Gasteiger partial charge in [-0.05, 0) is 24.6 Å². The quantitative estimate of drug-likeness (QED) is 0.492. The molecule has 3 heterocycles. The minimum atomic E-state index is -0.448. The van der Waals surface area contributed by atoms with Crippen LogP contribution in [-0.2, 0) is 11.3 Å². The highest BCUT2D eigenvalue weighted by Crippen LogP contribution is 2.31. The summed E-state index contributed by atoms with van der Waals surface area (Å²) < 4.78 is 3.71. The van der Waals surface area contributed by atoms with Crippen molar-refractivity contribution >= 4 is 40.1 Å². The molecule has 2 N–H and O–H groups in total. The molecule has 28 heavy (non-hydrogen) atoms. The number of fused-ring (bicyclic) bond motifs is 1. The number of nitrogens with zero attached hydrogens (tertiary/aromatic N) is 5. The fourth-order valence-corrected chi connectivity index (χ4v) is 3.00. The number of rotatable bonds is 6. The molecule has 3 aromatic rings. The lowest BCUT2D eigenvalue weighted by atomic mass is 10.1. The molecule has 0 radical (unpaired) electrons. The summed E-state index contributed by atoms with van der Waals surface area (Å²) >= 11 is 5.91. The van der Waals surface area contributed by atoms with Gasteiger partial charge in [0.05, 0.1) is 16.9 Å². The molecule has 0 spiro atoms. The maximum absolute atomic E-state index is 11.6. The van der Waals surface area contributed by atoms with Crippen molar-refractivity contribution in [2.24, 2.45) is 4.99 Å². The molecule has 1 aliphatic rings. The number of carbonyl (C=O) groups excluding carboxylic acids is 1. The molecular weight excluding hydrogens is 380 g/mol. The van der Waals surface area contributed by atoms with Crippen LogP contribution in [0.2, 0.25) is 0 Å². The van der Waals surface area contributed by atoms with E-state index in [-0.39, 0.29) is 16.5 Å². The van der Waals surface area contributed by atoms with Crippen molar-refractivity contribution in [2.45, 2.75) is 13.0 Å². The normalized spacial score (nSPS) is 15.8. The first-order valence-corrected chi connectivity index (χ1v) is 9.08. The van der Waals surface area contributed by atoms with E-state index in [0.717, 1.165) is 24.6 Å². The molecule has 0 saturated carbocycles. The molecule has 0 bridgehead atoms. The Kier molecular flexibility index (Phi) is 4.94. The van der Waals surface area contributed by atoms with Crippen LogP contribution in [0.4, 0.5) is 11.5 Å². The van der Waals surface area contributed by atoms with E-state index < -0.39 is 5.78 Å². The number of anilines is 1. The zero-order valence-corrected chi connectivity index (χ0v) is 15.5. The van der Waals surface area contributed by atoms with E-state index in [2.05, 4.69) is 20.4 Å². The smallest absolute Gasteiger partial charge is 0.201 e. The van der Waals surface area contributed by atoms with Gasteiger partial charge < -0.3 is 15.0 Å². The van der Waals surface area contributed by atoms with Crippen molar-refractivity contribution in [3.05, 3.63) is 66.1 Å². The first-order chi connectivity index (χ1) is 13.6. The number of hydrogen-bond donors (Lipinski definition) is 2. The van der Waals surface area contributed by atoms with Gasteiger partial charge in [-0.25, -0.2) is 14.5 Å². The number of allylic oxidation sites excluding steroid dienone is 3. The van der Waals surface area contributed by atoms with Gasteiger partial charge >= 0.3 is 0 Å². The Balaban J connectivity index is 1.61. The lowest BCUT2D eigenvalue weighted by molar-refractivity contribution is -0.110. The summed E-state index contributed by atoms with van der Waals surface area (Å²) in [5.74, 6) is -0.0925. The highest BCUT2D eigenvalue weighted by molar-refractivity contribution is 6.47. The fourth-order valence-electron chi connectivity index (χ4n) is 2.84. The summed E-state index contributed by atoms with van der Waals surface area (Å²) in [6.07, 6.45) is 10.5. The van der Waals surface area contributed by atoms with E-state index in [1.807, 2.05) is 35.2 Å². The molecule has 1 aliphatic carbocycles. The molecule has 9 heteroatoms. The Labute approximate surface area is 165 Å². The second-order valence-corrected chi connectivity index (χ2v) is 6.60. The molecule has 142 valence electrons. The number of ketones is 1. The first-order valence-electron chi connectivity index (χ1n) is 8.70. The maximum atomic E-state index is 11.6. The van der Waals surface area contributed by atoms with Crippen molar-refractivity contribution in [1.29, 1.82) is 0 Å². The van der Waals surface area contributed by atoms with Crippen LogP contribution < -0.4 is 5.32 Å². The van der Waals surface area contributed by atoms with Crippen molar-refractivity contribution in [1.82, 2.24) is 19.2 Å². The van der Waals surface area contributed by atoms with E-state index in [1.165, 1.54) is 6.08 Å². The third-order valence-corrected chi connectivity index (χ3v) is 4.52. The molecule has 8 nitrogen and oxygen atoms in total. The van der Waals surface area contributed by atoms with Gasteiger partial charge in [0, 0.05) is 37.8 Å². The summed E-state index contributed by atoms with van der Waals surface area (Å²) in [6.45, 7) is 1.50. The van der Waals surface area contributed by atoms with Gasteiger partial charge in [-0.1, -0.05) is 17.7 Å². The lowest BCUT2D eigenvalue weighted by Crippen LogP contribution is -2.10. The fraction of sp³-hybridized carbons (Fsp3) is 0.158. The Bertz CT molecular complexity index is 1110. The molecule has 0 aliphatic heterocycles. The van der Waals surface area contributed by atoms with Gasteiger partial charge in [0.25, 0.3) is 0 Å². The average Bonchev–Trinajstić information content (AvgIpc) is 3.31. The van der Waals surface area contributed by atoms with E-state index in [4.69, 9.17) is 11.6 Å². The van der Waals surface area contributed by atoms with Crippen LogP contribution >= 0.6 is 11.6 Å². The van der Waals surface area contributed by atoms with Crippen molar-refractivity contribution in [3.8, 4) is 0 Å². The number of aliphatic hydroxyl groups is 1. The molecule has 0 saturated heterocycles. The van der Waals surface area contributed by atoms with Crippen molar-refractivity contribution < 1.29 is 9.90 Å². The SMILES string of the molecule is O=C1C=C(O)/C(=N/c2c(NCCCn3ccnc3)nn3ccccc23)C=C1Cl. The molecule has 0 amide bonds. The van der Waals surface area contributed by atoms with Crippen LogP contribution in [0.5, 0.6) is 0 Å². The number of aliphatic hydroxyl groups excluding tert-OH is 1. The summed E-state index contributed by atoms with van der Waals surface area (Å²) in [4.78, 5) is 20.1. The van der Waals surface area contributed by atoms with Crippen molar-refractivity contribution in [3.63, 3.8) is 0 Å². The summed E-state index contributed by atoms with van der Waals surface area (Å²) in [5.41, 5.74) is 1.54. The lowest BCUT2D eigenvalue weighted by Gasteiger charge is -2.08. The van der Waals surface area contributed by atoms with Gasteiger partial charge in [-0.3, -0.25) is 4.79 Å². The first kappa shape index (κ1) is 18.0. The van der Waals surface area contributed by atoms with Crippen molar-refractivity contribution in [2.75, 3.05) is 11.9 Å². The number of halogens is 1. The second-order valence-electron chi connectivity index (χ2n) is 6.19. The number of pyridine rings is 1. The summed E-state index contributed by atoms with van der Waals surface area (Å²) in [6, 6.07) is 5.63. The minimum absolute atomic E-state index is 0.00265. The highest BCUT2D eigenvalue weighted by Gasteiger charge is 2.19. The Morgan fingerprint density at radius 3 is 2.96 bits per heavy atom. The van der Waals surface area contributed by atoms with Crippen LogP contribution in [0.1, 0.15) is 6.42 Å². The predicted octanol–water partition coefficient (Wildman–Crippen LogP) is 3.25. The van der Waals surface area contributed by atoms with E-state index in [0.29, 0.717) is 18.1 Å². The van der Waals surface area contributed by atoms with E-state index in [9.17, 15) is 9.90 Å². The highest BCUT2D eigenvalue weighted by atomic mass is 35.5. The average molecular weight is 397 g/mol. The summed E-state index contributed by atoms with van der Waals surface area (Å²) in [5, 5.41) is 17.9. The van der Waals surface area contributed by atoms with Gasteiger partial charge in [0.15, 0.2) is 5.82 Å². The zero-order valence-electron chi connectivity index (χ0n) is 14.8. The molecule has 0 fully saturated rings. The van der Waals surface area contributed by atoms with Gasteiger partial charge in [-0.2, -0.15) is 0 Å². The number of aliphatic imine (C=N–C) groups is 1. The standard InChI is InChI=1S/C19H17ClN6O2/c20-13-10-14(17(28)11-16(13)27)23-18-15-4-1-2-8-26(15)24-19(18)22-5-3-7-25-9-6-21-12-25/h1-2,4,6,8-12,28H,3,5,7H2,(H,22,24)/b23-14+. The van der Waals surface area contributed by atoms with E-state index in [1.54, 1.807) is 17.0 Å². The Morgan fingerprint density at radius 1 is 1.25 bits per heavy atom. The molecule has 3 aromatic heterocycles. The molecule has 4 rings (SSSR count). The predicted molar refractivity (Wildman–Crippen MR) is 107 cm³/mol. The minimum Gasteiger partial charge on any atom is -0.506 e. The van der Waals surface area contributed by atoms with Crippen LogP contribution in [0.15, 0.2) is 71.1 Å². The Hall–Kier alpha value is -3.39. The Morgan fingerprint density at radius 2 is 2.14 bits per heavy atom. The van der Waals surface area contributed by atoms with Gasteiger partial charge in [-0.15, -0.1) is 5.10 Å². The van der Waals surface area contributed by atoms with Crippen LogP contribution in [0.25, 0.3) is 5.52 Å². The topological polar surface area (TPSA) is 96.8 Å².